The molecule has 3 nitrogen and oxygen atoms in total. The van der Waals surface area contributed by atoms with E-state index < -0.39 is 0 Å². The summed E-state index contributed by atoms with van der Waals surface area (Å²) in [5.41, 5.74) is 1.25. The largest absolute Gasteiger partial charge is 0.327 e. The van der Waals surface area contributed by atoms with Crippen molar-refractivity contribution in [3.05, 3.63) is 30.0 Å². The molecule has 1 fully saturated rings. The minimum absolute atomic E-state index is 0.511. The Hall–Kier alpha value is -1.13. The Labute approximate surface area is 112 Å². The SMILES string of the molecule is CC(C1CCCNC1)n1cncc1-c1cccs1. The van der Waals surface area contributed by atoms with Gasteiger partial charge < -0.3 is 9.88 Å². The molecule has 1 aliphatic rings. The van der Waals surface area contributed by atoms with Gasteiger partial charge in [-0.05, 0) is 50.2 Å². The van der Waals surface area contributed by atoms with Crippen molar-refractivity contribution < 1.29 is 0 Å². The predicted molar refractivity (Wildman–Crippen MR) is 75.8 cm³/mol. The molecule has 96 valence electrons. The summed E-state index contributed by atoms with van der Waals surface area (Å²) in [6, 6.07) is 4.78. The zero-order valence-electron chi connectivity index (χ0n) is 10.7. The van der Waals surface area contributed by atoms with Crippen molar-refractivity contribution in [3.8, 4) is 10.6 Å². The van der Waals surface area contributed by atoms with Gasteiger partial charge in [-0.15, -0.1) is 11.3 Å². The third kappa shape index (κ3) is 2.22. The van der Waals surface area contributed by atoms with Gasteiger partial charge in [0.15, 0.2) is 0 Å². The predicted octanol–water partition coefficient (Wildman–Crippen LogP) is 3.17. The van der Waals surface area contributed by atoms with Gasteiger partial charge in [0, 0.05) is 6.04 Å². The molecule has 18 heavy (non-hydrogen) atoms. The van der Waals surface area contributed by atoms with Crippen LogP contribution < -0.4 is 5.32 Å². The molecule has 0 aromatic carbocycles. The maximum atomic E-state index is 4.34. The Bertz CT molecular complexity index is 483. The van der Waals surface area contributed by atoms with Crippen LogP contribution in [0.2, 0.25) is 0 Å². The van der Waals surface area contributed by atoms with Crippen LogP contribution in [0.25, 0.3) is 10.6 Å². The second-order valence-corrected chi connectivity index (χ2v) is 5.96. The van der Waals surface area contributed by atoms with Crippen LogP contribution in [-0.4, -0.2) is 22.6 Å². The van der Waals surface area contributed by atoms with Crippen LogP contribution in [0.15, 0.2) is 30.0 Å². The van der Waals surface area contributed by atoms with E-state index in [1.807, 2.05) is 12.5 Å². The van der Waals surface area contributed by atoms with Gasteiger partial charge in [0.25, 0.3) is 0 Å². The molecule has 1 saturated heterocycles. The Balaban J connectivity index is 1.85. The monoisotopic (exact) mass is 261 g/mol. The number of nitrogens with one attached hydrogen (secondary N) is 1. The molecule has 0 saturated carbocycles. The van der Waals surface area contributed by atoms with E-state index in [1.165, 1.54) is 30.0 Å². The third-order valence-corrected chi connectivity index (χ3v) is 4.79. The lowest BCUT2D eigenvalue weighted by Crippen LogP contribution is -2.34. The molecule has 3 heterocycles. The van der Waals surface area contributed by atoms with Gasteiger partial charge in [0.05, 0.1) is 23.1 Å². The molecule has 0 amide bonds. The van der Waals surface area contributed by atoms with E-state index in [1.54, 1.807) is 11.3 Å². The van der Waals surface area contributed by atoms with Crippen molar-refractivity contribution in [2.45, 2.75) is 25.8 Å². The molecule has 1 N–H and O–H groups in total. The summed E-state index contributed by atoms with van der Waals surface area (Å²) in [6.07, 6.45) is 6.57. The minimum atomic E-state index is 0.511. The number of piperidine rings is 1. The molecule has 0 aliphatic carbocycles. The van der Waals surface area contributed by atoms with Gasteiger partial charge in [0.1, 0.15) is 0 Å². The Morgan fingerprint density at radius 1 is 1.56 bits per heavy atom. The summed E-state index contributed by atoms with van der Waals surface area (Å²) in [5.74, 6) is 0.715. The smallest absolute Gasteiger partial charge is 0.0953 e. The lowest BCUT2D eigenvalue weighted by atomic mass is 9.92. The van der Waals surface area contributed by atoms with Crippen LogP contribution in [0.4, 0.5) is 0 Å². The summed E-state index contributed by atoms with van der Waals surface area (Å²) < 4.78 is 2.34. The van der Waals surface area contributed by atoms with Crippen LogP contribution in [0, 0.1) is 5.92 Å². The van der Waals surface area contributed by atoms with Gasteiger partial charge in [-0.3, -0.25) is 0 Å². The van der Waals surface area contributed by atoms with E-state index in [0.29, 0.717) is 12.0 Å². The zero-order chi connectivity index (χ0) is 12.4. The van der Waals surface area contributed by atoms with E-state index in [-0.39, 0.29) is 0 Å². The van der Waals surface area contributed by atoms with Gasteiger partial charge in [-0.2, -0.15) is 0 Å². The number of imidazole rings is 1. The van der Waals surface area contributed by atoms with Crippen LogP contribution in [-0.2, 0) is 0 Å². The van der Waals surface area contributed by atoms with E-state index in [2.05, 4.69) is 39.3 Å². The quantitative estimate of drug-likeness (QED) is 0.919. The fourth-order valence-electron chi connectivity index (χ4n) is 2.76. The molecule has 2 aromatic heterocycles. The van der Waals surface area contributed by atoms with E-state index >= 15 is 0 Å². The lowest BCUT2D eigenvalue weighted by Gasteiger charge is -2.30. The third-order valence-electron chi connectivity index (χ3n) is 3.90. The number of hydrogen-bond acceptors (Lipinski definition) is 3. The molecular weight excluding hydrogens is 242 g/mol. The summed E-state index contributed by atoms with van der Waals surface area (Å²) in [5, 5.41) is 5.63. The number of hydrogen-bond donors (Lipinski definition) is 1. The standard InChI is InChI=1S/C14H19N3S/c1-11(12-4-2-6-15-8-12)17-10-16-9-13(17)14-5-3-7-18-14/h3,5,7,9-12,15H,2,4,6,8H2,1H3. The van der Waals surface area contributed by atoms with Crippen molar-refractivity contribution in [1.82, 2.24) is 14.9 Å². The van der Waals surface area contributed by atoms with E-state index in [0.717, 1.165) is 6.54 Å². The molecule has 3 rings (SSSR count). The summed E-state index contributed by atoms with van der Waals surface area (Å²) in [6.45, 7) is 4.62. The topological polar surface area (TPSA) is 29.9 Å². The number of nitrogens with zero attached hydrogens (tertiary/aromatic N) is 2. The van der Waals surface area contributed by atoms with Crippen LogP contribution in [0.1, 0.15) is 25.8 Å². The molecular formula is C14H19N3S. The summed E-state index contributed by atoms with van der Waals surface area (Å²) in [4.78, 5) is 5.65. The first-order chi connectivity index (χ1) is 8.86. The van der Waals surface area contributed by atoms with Gasteiger partial charge in [-0.25, -0.2) is 4.98 Å². The van der Waals surface area contributed by atoms with Crippen LogP contribution in [0.3, 0.4) is 0 Å². The highest BCUT2D eigenvalue weighted by atomic mass is 32.1. The Kier molecular flexibility index (Phi) is 3.48. The zero-order valence-corrected chi connectivity index (χ0v) is 11.5. The molecule has 2 unspecified atom stereocenters. The summed E-state index contributed by atoms with van der Waals surface area (Å²) in [7, 11) is 0. The van der Waals surface area contributed by atoms with Crippen molar-refractivity contribution >= 4 is 11.3 Å². The maximum absolute atomic E-state index is 4.34. The second kappa shape index (κ2) is 5.24. The fraction of sp³-hybridized carbons (Fsp3) is 0.500. The van der Waals surface area contributed by atoms with Crippen LogP contribution >= 0.6 is 11.3 Å². The van der Waals surface area contributed by atoms with Crippen molar-refractivity contribution in [1.29, 1.82) is 0 Å². The molecule has 0 radical (unpaired) electrons. The summed E-state index contributed by atoms with van der Waals surface area (Å²) >= 11 is 1.78. The van der Waals surface area contributed by atoms with E-state index in [9.17, 15) is 0 Å². The first-order valence-electron chi connectivity index (χ1n) is 6.62. The second-order valence-electron chi connectivity index (χ2n) is 5.01. The van der Waals surface area contributed by atoms with Crippen LogP contribution in [0.5, 0.6) is 0 Å². The minimum Gasteiger partial charge on any atom is -0.327 e. The highest BCUT2D eigenvalue weighted by Gasteiger charge is 2.23. The highest BCUT2D eigenvalue weighted by Crippen LogP contribution is 2.31. The molecule has 1 aliphatic heterocycles. The van der Waals surface area contributed by atoms with Crippen molar-refractivity contribution in [2.24, 2.45) is 5.92 Å². The first kappa shape index (κ1) is 11.9. The first-order valence-corrected chi connectivity index (χ1v) is 7.50. The normalized spacial score (nSPS) is 21.9. The molecule has 0 bridgehead atoms. The van der Waals surface area contributed by atoms with Crippen molar-refractivity contribution in [2.75, 3.05) is 13.1 Å². The van der Waals surface area contributed by atoms with E-state index in [4.69, 9.17) is 0 Å². The number of thiophene rings is 1. The molecule has 4 heteroatoms. The average Bonchev–Trinajstić information content (AvgIpc) is 3.09. The van der Waals surface area contributed by atoms with Gasteiger partial charge >= 0.3 is 0 Å². The number of aromatic nitrogens is 2. The van der Waals surface area contributed by atoms with Gasteiger partial charge in [0.2, 0.25) is 0 Å². The average molecular weight is 261 g/mol. The lowest BCUT2D eigenvalue weighted by molar-refractivity contribution is 0.281. The molecule has 2 atom stereocenters. The van der Waals surface area contributed by atoms with Gasteiger partial charge in [-0.1, -0.05) is 6.07 Å². The molecule has 0 spiro atoms. The number of rotatable bonds is 3. The highest BCUT2D eigenvalue weighted by molar-refractivity contribution is 7.13. The Morgan fingerprint density at radius 3 is 3.22 bits per heavy atom. The maximum Gasteiger partial charge on any atom is 0.0953 e. The fourth-order valence-corrected chi connectivity index (χ4v) is 3.50. The van der Waals surface area contributed by atoms with Crippen molar-refractivity contribution in [3.63, 3.8) is 0 Å². The molecule has 2 aromatic rings. The Morgan fingerprint density at radius 2 is 2.50 bits per heavy atom.